The maximum absolute atomic E-state index is 5.70. The van der Waals surface area contributed by atoms with E-state index < -0.39 is 0 Å². The summed E-state index contributed by atoms with van der Waals surface area (Å²) in [5.74, 6) is 0.813. The Hall–Kier alpha value is -1.28. The standard InChI is InChI=1S/C14H18N2/c1-9-2-4-13-11(6-9)12-7-10(8-15)3-5-14(12)16-13/h3,5,7,9,16H,2,4,6,8,15H2,1H3. The predicted octanol–water partition coefficient (Wildman–Crippen LogP) is 2.75. The number of nitrogens with one attached hydrogen (secondary N) is 1. The zero-order chi connectivity index (χ0) is 11.1. The van der Waals surface area contributed by atoms with Crippen LogP contribution in [0.2, 0.25) is 0 Å². The van der Waals surface area contributed by atoms with Gasteiger partial charge in [0.25, 0.3) is 0 Å². The van der Waals surface area contributed by atoms with Gasteiger partial charge < -0.3 is 10.7 Å². The monoisotopic (exact) mass is 214 g/mol. The van der Waals surface area contributed by atoms with Gasteiger partial charge in [-0.15, -0.1) is 0 Å². The van der Waals surface area contributed by atoms with Gasteiger partial charge in [0, 0.05) is 23.1 Å². The maximum Gasteiger partial charge on any atom is 0.0459 e. The molecule has 1 atom stereocenters. The quantitative estimate of drug-likeness (QED) is 0.753. The molecule has 2 heteroatoms. The third kappa shape index (κ3) is 1.45. The van der Waals surface area contributed by atoms with Gasteiger partial charge >= 0.3 is 0 Å². The first-order valence-corrected chi connectivity index (χ1v) is 6.10. The van der Waals surface area contributed by atoms with Crippen molar-refractivity contribution in [3.8, 4) is 0 Å². The van der Waals surface area contributed by atoms with Gasteiger partial charge in [-0.25, -0.2) is 0 Å². The number of H-pyrrole nitrogens is 1. The number of nitrogens with two attached hydrogens (primary N) is 1. The van der Waals surface area contributed by atoms with Crippen LogP contribution in [0.25, 0.3) is 10.9 Å². The number of hydrogen-bond acceptors (Lipinski definition) is 1. The molecule has 0 radical (unpaired) electrons. The van der Waals surface area contributed by atoms with Crippen molar-refractivity contribution in [1.82, 2.24) is 4.98 Å². The molecule has 84 valence electrons. The van der Waals surface area contributed by atoms with Crippen molar-refractivity contribution >= 4 is 10.9 Å². The highest BCUT2D eigenvalue weighted by Gasteiger charge is 2.19. The SMILES string of the molecule is CC1CCc2[nH]c3ccc(CN)cc3c2C1. The van der Waals surface area contributed by atoms with Crippen molar-refractivity contribution in [2.45, 2.75) is 32.7 Å². The molecule has 0 bridgehead atoms. The first-order chi connectivity index (χ1) is 7.78. The number of fused-ring (bicyclic) bond motifs is 3. The Bertz CT molecular complexity index is 525. The van der Waals surface area contributed by atoms with E-state index in [1.807, 2.05) is 0 Å². The molecular weight excluding hydrogens is 196 g/mol. The first-order valence-electron chi connectivity index (χ1n) is 6.10. The number of aryl methyl sites for hydroxylation is 1. The molecule has 0 aliphatic heterocycles. The molecule has 16 heavy (non-hydrogen) atoms. The summed E-state index contributed by atoms with van der Waals surface area (Å²) in [7, 11) is 0. The van der Waals surface area contributed by atoms with E-state index in [1.165, 1.54) is 47.0 Å². The first kappa shape index (κ1) is 9.91. The van der Waals surface area contributed by atoms with Gasteiger partial charge in [0.2, 0.25) is 0 Å². The highest BCUT2D eigenvalue weighted by Crippen LogP contribution is 2.31. The lowest BCUT2D eigenvalue weighted by Gasteiger charge is -2.18. The minimum absolute atomic E-state index is 0.630. The topological polar surface area (TPSA) is 41.8 Å². The molecular formula is C14H18N2. The third-order valence-electron chi connectivity index (χ3n) is 3.73. The van der Waals surface area contributed by atoms with Crippen LogP contribution in [0, 0.1) is 5.92 Å². The molecule has 0 fully saturated rings. The van der Waals surface area contributed by atoms with E-state index in [4.69, 9.17) is 5.73 Å². The highest BCUT2D eigenvalue weighted by molar-refractivity contribution is 5.85. The largest absolute Gasteiger partial charge is 0.358 e. The number of rotatable bonds is 1. The molecule has 1 aliphatic rings. The minimum Gasteiger partial charge on any atom is -0.358 e. The Morgan fingerprint density at radius 1 is 1.44 bits per heavy atom. The van der Waals surface area contributed by atoms with Crippen molar-refractivity contribution in [3.05, 3.63) is 35.0 Å². The summed E-state index contributed by atoms with van der Waals surface area (Å²) in [6.45, 7) is 2.97. The van der Waals surface area contributed by atoms with Crippen molar-refractivity contribution in [2.75, 3.05) is 0 Å². The van der Waals surface area contributed by atoms with Gasteiger partial charge in [-0.05, 0) is 48.4 Å². The second-order valence-electron chi connectivity index (χ2n) is 5.01. The summed E-state index contributed by atoms with van der Waals surface area (Å²) < 4.78 is 0. The second-order valence-corrected chi connectivity index (χ2v) is 5.01. The number of hydrogen-bond donors (Lipinski definition) is 2. The summed E-state index contributed by atoms with van der Waals surface area (Å²) in [4.78, 5) is 3.55. The Labute approximate surface area is 95.8 Å². The molecule has 1 unspecified atom stereocenters. The van der Waals surface area contributed by atoms with Gasteiger partial charge in [0.15, 0.2) is 0 Å². The Morgan fingerprint density at radius 3 is 3.12 bits per heavy atom. The molecule has 1 aromatic heterocycles. The fraction of sp³-hybridized carbons (Fsp3) is 0.429. The van der Waals surface area contributed by atoms with Crippen LogP contribution in [-0.2, 0) is 19.4 Å². The Morgan fingerprint density at radius 2 is 2.31 bits per heavy atom. The van der Waals surface area contributed by atoms with E-state index in [-0.39, 0.29) is 0 Å². The molecule has 0 saturated heterocycles. The van der Waals surface area contributed by atoms with Crippen LogP contribution in [0.3, 0.4) is 0 Å². The lowest BCUT2D eigenvalue weighted by molar-refractivity contribution is 0.499. The fourth-order valence-corrected chi connectivity index (χ4v) is 2.77. The number of benzene rings is 1. The smallest absolute Gasteiger partial charge is 0.0459 e. The van der Waals surface area contributed by atoms with E-state index in [2.05, 4.69) is 30.1 Å². The van der Waals surface area contributed by atoms with Crippen molar-refractivity contribution in [3.63, 3.8) is 0 Å². The molecule has 3 rings (SSSR count). The maximum atomic E-state index is 5.70. The van der Waals surface area contributed by atoms with E-state index in [0.717, 1.165) is 5.92 Å². The Balaban J connectivity index is 2.20. The van der Waals surface area contributed by atoms with E-state index in [1.54, 1.807) is 0 Å². The second kappa shape index (κ2) is 3.63. The number of aromatic amines is 1. The van der Waals surface area contributed by atoms with E-state index in [0.29, 0.717) is 6.54 Å². The molecule has 0 amide bonds. The molecule has 0 saturated carbocycles. The molecule has 1 aromatic carbocycles. The average Bonchev–Trinajstić information content (AvgIpc) is 2.66. The van der Waals surface area contributed by atoms with Crippen LogP contribution in [-0.4, -0.2) is 4.98 Å². The zero-order valence-corrected chi connectivity index (χ0v) is 9.72. The molecule has 1 aliphatic carbocycles. The average molecular weight is 214 g/mol. The predicted molar refractivity (Wildman–Crippen MR) is 67.4 cm³/mol. The van der Waals surface area contributed by atoms with Crippen molar-refractivity contribution in [2.24, 2.45) is 11.7 Å². The van der Waals surface area contributed by atoms with Crippen LogP contribution in [0.1, 0.15) is 30.2 Å². The highest BCUT2D eigenvalue weighted by atomic mass is 14.7. The summed E-state index contributed by atoms with van der Waals surface area (Å²) in [5, 5.41) is 1.39. The van der Waals surface area contributed by atoms with E-state index in [9.17, 15) is 0 Å². The number of aromatic nitrogens is 1. The molecule has 2 nitrogen and oxygen atoms in total. The normalized spacial score (nSPS) is 20.0. The minimum atomic E-state index is 0.630. The Kier molecular flexibility index (Phi) is 2.25. The summed E-state index contributed by atoms with van der Waals surface area (Å²) in [6.07, 6.45) is 3.72. The van der Waals surface area contributed by atoms with Crippen molar-refractivity contribution < 1.29 is 0 Å². The summed E-state index contributed by atoms with van der Waals surface area (Å²) in [6, 6.07) is 6.54. The van der Waals surface area contributed by atoms with E-state index >= 15 is 0 Å². The summed E-state index contributed by atoms with van der Waals surface area (Å²) >= 11 is 0. The van der Waals surface area contributed by atoms with Crippen molar-refractivity contribution in [1.29, 1.82) is 0 Å². The molecule has 2 aromatic rings. The van der Waals surface area contributed by atoms with Gasteiger partial charge in [-0.2, -0.15) is 0 Å². The lowest BCUT2D eigenvalue weighted by atomic mass is 9.87. The van der Waals surface area contributed by atoms with Gasteiger partial charge in [0.1, 0.15) is 0 Å². The van der Waals surface area contributed by atoms with Gasteiger partial charge in [-0.3, -0.25) is 0 Å². The van der Waals surface area contributed by atoms with Gasteiger partial charge in [-0.1, -0.05) is 13.0 Å². The van der Waals surface area contributed by atoms with Crippen LogP contribution in [0.15, 0.2) is 18.2 Å². The summed E-state index contributed by atoms with van der Waals surface area (Å²) in [5.41, 5.74) is 11.2. The zero-order valence-electron chi connectivity index (χ0n) is 9.72. The lowest BCUT2D eigenvalue weighted by Crippen LogP contribution is -2.10. The molecule has 3 N–H and O–H groups in total. The van der Waals surface area contributed by atoms with Crippen LogP contribution in [0.5, 0.6) is 0 Å². The van der Waals surface area contributed by atoms with Crippen LogP contribution < -0.4 is 5.73 Å². The van der Waals surface area contributed by atoms with Crippen LogP contribution in [0.4, 0.5) is 0 Å². The van der Waals surface area contributed by atoms with Gasteiger partial charge in [0.05, 0.1) is 0 Å². The van der Waals surface area contributed by atoms with Crippen LogP contribution >= 0.6 is 0 Å². The molecule has 0 spiro atoms. The third-order valence-corrected chi connectivity index (χ3v) is 3.73. The molecule has 1 heterocycles. The fourth-order valence-electron chi connectivity index (χ4n) is 2.77.